The van der Waals surface area contributed by atoms with Gasteiger partial charge in [0.1, 0.15) is 36.2 Å². The maximum atomic E-state index is 13.4. The molecule has 10 heteroatoms. The minimum atomic E-state index is -4.12. The Kier molecular flexibility index (Phi) is 8.31. The number of nitrogens with one attached hydrogen (secondary N) is 1. The van der Waals surface area contributed by atoms with Gasteiger partial charge in [-0.25, -0.2) is 12.8 Å². The molecule has 1 amide bonds. The lowest BCUT2D eigenvalue weighted by Crippen LogP contribution is -2.41. The van der Waals surface area contributed by atoms with Gasteiger partial charge in [-0.3, -0.25) is 9.10 Å². The van der Waals surface area contributed by atoms with Crippen LogP contribution in [0.2, 0.25) is 0 Å². The fraction of sp³-hybridized carbons (Fsp3) is 0.208. The summed E-state index contributed by atoms with van der Waals surface area (Å²) in [5, 5.41) is 2.64. The van der Waals surface area contributed by atoms with Crippen molar-refractivity contribution in [1.29, 1.82) is 0 Å². The molecular weight excluding hydrogens is 463 g/mol. The van der Waals surface area contributed by atoms with Crippen molar-refractivity contribution in [3.8, 4) is 17.2 Å². The van der Waals surface area contributed by atoms with E-state index in [1.807, 2.05) is 0 Å². The molecule has 0 aliphatic carbocycles. The Labute approximate surface area is 197 Å². The Bertz CT molecular complexity index is 1200. The maximum Gasteiger partial charge on any atom is 0.264 e. The fourth-order valence-electron chi connectivity index (χ4n) is 3.03. The summed E-state index contributed by atoms with van der Waals surface area (Å²) in [6, 6.07) is 17.6. The Balaban J connectivity index is 1.69. The van der Waals surface area contributed by atoms with Gasteiger partial charge in [0.05, 0.1) is 31.3 Å². The van der Waals surface area contributed by atoms with Gasteiger partial charge in [-0.15, -0.1) is 0 Å². The van der Waals surface area contributed by atoms with Gasteiger partial charge in [0.2, 0.25) is 5.91 Å². The number of halogens is 1. The molecule has 0 radical (unpaired) electrons. The zero-order chi connectivity index (χ0) is 24.6. The Morgan fingerprint density at radius 3 is 2.21 bits per heavy atom. The molecule has 3 aromatic rings. The molecule has 0 aliphatic rings. The number of rotatable bonds is 11. The third-order valence-corrected chi connectivity index (χ3v) is 6.57. The van der Waals surface area contributed by atoms with E-state index < -0.39 is 28.3 Å². The second kappa shape index (κ2) is 11.4. The Hall–Kier alpha value is -3.79. The highest BCUT2D eigenvalue weighted by Gasteiger charge is 2.27. The summed E-state index contributed by atoms with van der Waals surface area (Å²) >= 11 is 0. The van der Waals surface area contributed by atoms with E-state index in [2.05, 4.69) is 5.32 Å². The molecule has 0 aromatic heterocycles. The van der Waals surface area contributed by atoms with Crippen LogP contribution in [-0.2, 0) is 14.8 Å². The first-order valence-electron chi connectivity index (χ1n) is 10.3. The number of methoxy groups -OCH3 is 2. The predicted molar refractivity (Wildman–Crippen MR) is 125 cm³/mol. The zero-order valence-electron chi connectivity index (χ0n) is 18.7. The average molecular weight is 489 g/mol. The van der Waals surface area contributed by atoms with Gasteiger partial charge < -0.3 is 19.5 Å². The lowest BCUT2D eigenvalue weighted by molar-refractivity contribution is -0.119. The third-order valence-electron chi connectivity index (χ3n) is 4.78. The monoisotopic (exact) mass is 488 g/mol. The average Bonchev–Trinajstić information content (AvgIpc) is 2.86. The Morgan fingerprint density at radius 2 is 1.56 bits per heavy atom. The first kappa shape index (κ1) is 24.8. The van der Waals surface area contributed by atoms with Crippen LogP contribution in [0.4, 0.5) is 10.1 Å². The van der Waals surface area contributed by atoms with Crippen LogP contribution in [0.25, 0.3) is 0 Å². The first-order valence-corrected chi connectivity index (χ1v) is 11.7. The molecule has 0 aliphatic heterocycles. The van der Waals surface area contributed by atoms with Crippen LogP contribution in [0, 0.1) is 5.82 Å². The van der Waals surface area contributed by atoms with Crippen LogP contribution < -0.4 is 23.8 Å². The normalized spacial score (nSPS) is 10.9. The van der Waals surface area contributed by atoms with E-state index >= 15 is 0 Å². The van der Waals surface area contributed by atoms with Gasteiger partial charge >= 0.3 is 0 Å². The topological polar surface area (TPSA) is 94.2 Å². The van der Waals surface area contributed by atoms with Crippen molar-refractivity contribution < 1.29 is 31.8 Å². The molecule has 0 spiro atoms. The highest BCUT2D eigenvalue weighted by molar-refractivity contribution is 7.92. The van der Waals surface area contributed by atoms with Gasteiger partial charge in [-0.2, -0.15) is 0 Å². The molecule has 0 fully saturated rings. The number of carbonyl (C=O) groups is 1. The highest BCUT2D eigenvalue weighted by Crippen LogP contribution is 2.25. The summed E-state index contributed by atoms with van der Waals surface area (Å²) in [7, 11) is -1.10. The van der Waals surface area contributed by atoms with E-state index in [4.69, 9.17) is 14.2 Å². The summed E-state index contributed by atoms with van der Waals surface area (Å²) < 4.78 is 56.7. The molecule has 8 nitrogen and oxygen atoms in total. The molecule has 180 valence electrons. The third kappa shape index (κ3) is 6.38. The minimum absolute atomic E-state index is 0.0354. The molecule has 0 bridgehead atoms. The second-order valence-corrected chi connectivity index (χ2v) is 8.90. The van der Waals surface area contributed by atoms with Crippen LogP contribution in [0.3, 0.4) is 0 Å². The van der Waals surface area contributed by atoms with Crippen LogP contribution in [0.1, 0.15) is 0 Å². The Morgan fingerprint density at radius 1 is 0.912 bits per heavy atom. The quantitative estimate of drug-likeness (QED) is 0.417. The molecule has 1 N–H and O–H groups in total. The van der Waals surface area contributed by atoms with Crippen LogP contribution in [0.15, 0.2) is 77.7 Å². The molecule has 0 atom stereocenters. The molecule has 3 rings (SSSR count). The van der Waals surface area contributed by atoms with Crippen molar-refractivity contribution in [2.75, 3.05) is 38.2 Å². The van der Waals surface area contributed by atoms with Crippen molar-refractivity contribution in [3.63, 3.8) is 0 Å². The summed E-state index contributed by atoms with van der Waals surface area (Å²) in [5.74, 6) is 0.630. The van der Waals surface area contributed by atoms with Gasteiger partial charge in [0.15, 0.2) is 0 Å². The van der Waals surface area contributed by atoms with E-state index in [1.54, 1.807) is 31.4 Å². The number of hydrogen-bond acceptors (Lipinski definition) is 6. The van der Waals surface area contributed by atoms with Crippen molar-refractivity contribution in [2.24, 2.45) is 0 Å². The molecule has 34 heavy (non-hydrogen) atoms. The smallest absolute Gasteiger partial charge is 0.264 e. The number of ether oxygens (including phenoxy) is 3. The molecule has 3 aromatic carbocycles. The SMILES string of the molecule is COc1ccc(S(=O)(=O)N(CC(=O)NCCOc2cccc(OC)c2)c2ccc(F)cc2)cc1. The standard InChI is InChI=1S/C24H25FN2O6S/c1-31-20-10-12-23(13-11-20)34(29,30)27(19-8-6-18(25)7-9-19)17-24(28)26-14-15-33-22-5-3-4-21(16-22)32-2/h3-13,16H,14-15,17H2,1-2H3,(H,26,28). The molecule has 0 unspecified atom stereocenters. The number of hydrogen-bond donors (Lipinski definition) is 1. The first-order chi connectivity index (χ1) is 16.3. The summed E-state index contributed by atoms with van der Waals surface area (Å²) in [6.07, 6.45) is 0. The van der Waals surface area contributed by atoms with Crippen molar-refractivity contribution in [1.82, 2.24) is 5.32 Å². The van der Waals surface area contributed by atoms with E-state index in [9.17, 15) is 17.6 Å². The largest absolute Gasteiger partial charge is 0.497 e. The molecule has 0 heterocycles. The number of nitrogens with zero attached hydrogens (tertiary/aromatic N) is 1. The molecular formula is C24H25FN2O6S. The van der Waals surface area contributed by atoms with Gasteiger partial charge in [-0.05, 0) is 60.7 Å². The van der Waals surface area contributed by atoms with Gasteiger partial charge in [0, 0.05) is 6.07 Å². The van der Waals surface area contributed by atoms with E-state index in [-0.39, 0.29) is 23.7 Å². The predicted octanol–water partition coefficient (Wildman–Crippen LogP) is 3.23. The lowest BCUT2D eigenvalue weighted by atomic mass is 10.3. The van der Waals surface area contributed by atoms with Crippen molar-refractivity contribution in [3.05, 3.63) is 78.6 Å². The number of amides is 1. The summed E-state index contributed by atoms with van der Waals surface area (Å²) in [4.78, 5) is 12.6. The molecule has 0 saturated heterocycles. The number of anilines is 1. The fourth-order valence-corrected chi connectivity index (χ4v) is 4.45. The van der Waals surface area contributed by atoms with E-state index in [0.717, 1.165) is 16.4 Å². The summed E-state index contributed by atoms with van der Waals surface area (Å²) in [6.45, 7) is -0.185. The minimum Gasteiger partial charge on any atom is -0.497 e. The highest BCUT2D eigenvalue weighted by atomic mass is 32.2. The molecule has 0 saturated carbocycles. The van der Waals surface area contributed by atoms with E-state index in [0.29, 0.717) is 17.2 Å². The van der Waals surface area contributed by atoms with Crippen LogP contribution in [0.5, 0.6) is 17.2 Å². The van der Waals surface area contributed by atoms with Gasteiger partial charge in [0.25, 0.3) is 10.0 Å². The van der Waals surface area contributed by atoms with Crippen LogP contribution >= 0.6 is 0 Å². The number of carbonyl (C=O) groups excluding carboxylic acids is 1. The van der Waals surface area contributed by atoms with E-state index in [1.165, 1.54) is 43.5 Å². The number of sulfonamides is 1. The zero-order valence-corrected chi connectivity index (χ0v) is 19.5. The lowest BCUT2D eigenvalue weighted by Gasteiger charge is -2.24. The second-order valence-electron chi connectivity index (χ2n) is 7.04. The summed E-state index contributed by atoms with van der Waals surface area (Å²) in [5.41, 5.74) is 0.153. The maximum absolute atomic E-state index is 13.4. The number of benzene rings is 3. The van der Waals surface area contributed by atoms with Crippen molar-refractivity contribution >= 4 is 21.6 Å². The van der Waals surface area contributed by atoms with Crippen molar-refractivity contribution in [2.45, 2.75) is 4.90 Å². The van der Waals surface area contributed by atoms with Crippen LogP contribution in [-0.4, -0.2) is 48.2 Å². The van der Waals surface area contributed by atoms with Gasteiger partial charge in [-0.1, -0.05) is 6.07 Å².